The number of benzene rings is 1. The third kappa shape index (κ3) is 4.58. The fourth-order valence-corrected chi connectivity index (χ4v) is 2.76. The van der Waals surface area contributed by atoms with E-state index in [9.17, 15) is 22.8 Å². The molecular weight excluding hydrogens is 421 g/mol. The lowest BCUT2D eigenvalue weighted by molar-refractivity contribution is -0.167. The van der Waals surface area contributed by atoms with Crippen molar-refractivity contribution in [3.8, 4) is 6.07 Å². The Hall–Kier alpha value is -4.08. The van der Waals surface area contributed by atoms with Crippen LogP contribution in [-0.2, 0) is 14.3 Å². The molecule has 13 heteroatoms. The Morgan fingerprint density at radius 1 is 1.32 bits per heavy atom. The summed E-state index contributed by atoms with van der Waals surface area (Å²) < 4.78 is 49.0. The van der Waals surface area contributed by atoms with Gasteiger partial charge in [0.15, 0.2) is 5.76 Å². The monoisotopic (exact) mass is 436 g/mol. The first kappa shape index (κ1) is 21.6. The highest BCUT2D eigenvalue weighted by molar-refractivity contribution is 5.93. The molecule has 10 nitrogen and oxygen atoms in total. The van der Waals surface area contributed by atoms with Crippen LogP contribution < -0.4 is 10.6 Å². The predicted molar refractivity (Wildman–Crippen MR) is 98.4 cm³/mol. The van der Waals surface area contributed by atoms with Crippen LogP contribution in [0.5, 0.6) is 0 Å². The zero-order valence-corrected chi connectivity index (χ0v) is 16.1. The fraction of sp³-hybridized carbons (Fsp3) is 0.278. The van der Waals surface area contributed by atoms with Crippen molar-refractivity contribution in [1.29, 1.82) is 5.26 Å². The number of anilines is 2. The van der Waals surface area contributed by atoms with Gasteiger partial charge < -0.3 is 14.8 Å². The van der Waals surface area contributed by atoms with Gasteiger partial charge in [-0.3, -0.25) is 10.1 Å². The van der Waals surface area contributed by atoms with Gasteiger partial charge in [-0.05, 0) is 31.5 Å². The number of alkyl halides is 3. The molecule has 1 amide bonds. The van der Waals surface area contributed by atoms with Crippen LogP contribution in [-0.4, -0.2) is 39.6 Å². The molecule has 1 aromatic heterocycles. The molecule has 0 bridgehead atoms. The molecule has 0 saturated heterocycles. The minimum Gasteiger partial charge on any atom is -0.434 e. The average Bonchev–Trinajstić information content (AvgIpc) is 3.09. The van der Waals surface area contributed by atoms with Crippen LogP contribution in [0, 0.1) is 11.3 Å². The summed E-state index contributed by atoms with van der Waals surface area (Å²) in [6.07, 6.45) is -6.12. The molecule has 31 heavy (non-hydrogen) atoms. The van der Waals surface area contributed by atoms with Crippen LogP contribution in [0.1, 0.15) is 31.0 Å². The Kier molecular flexibility index (Phi) is 5.82. The van der Waals surface area contributed by atoms with Gasteiger partial charge in [0.2, 0.25) is 5.95 Å². The standard InChI is InChI=1S/C18H15F3N6O4/c1-3-30-17(29)31-13-9(2)23-16-25-15(24-14(28)18(19,20)21)26-27(16)12(13)11-6-4-10(8-22)5-7-11/h4-7,12H,3H2,1-2H3,(H2,23,24,25,26,28). The van der Waals surface area contributed by atoms with Crippen molar-refractivity contribution in [3.63, 3.8) is 0 Å². The Morgan fingerprint density at radius 3 is 2.58 bits per heavy atom. The van der Waals surface area contributed by atoms with Crippen molar-refractivity contribution in [2.45, 2.75) is 26.1 Å². The Bertz CT molecular complexity index is 1090. The summed E-state index contributed by atoms with van der Waals surface area (Å²) in [7, 11) is 0. The van der Waals surface area contributed by atoms with Gasteiger partial charge >= 0.3 is 18.2 Å². The Morgan fingerprint density at radius 2 is 2.00 bits per heavy atom. The molecule has 2 heterocycles. The van der Waals surface area contributed by atoms with E-state index in [0.717, 1.165) is 4.68 Å². The van der Waals surface area contributed by atoms with Gasteiger partial charge in [-0.15, -0.1) is 5.10 Å². The van der Waals surface area contributed by atoms with E-state index in [1.165, 1.54) is 12.1 Å². The van der Waals surface area contributed by atoms with Crippen molar-refractivity contribution in [2.75, 3.05) is 17.2 Å². The zero-order chi connectivity index (χ0) is 22.8. The Balaban J connectivity index is 2.04. The SMILES string of the molecule is CCOC(=O)OC1=C(C)Nc2nc(NC(=O)C(F)(F)F)nn2C1c1ccc(C#N)cc1. The van der Waals surface area contributed by atoms with Crippen LogP contribution in [0.25, 0.3) is 0 Å². The second kappa shape index (κ2) is 8.34. The third-order valence-electron chi connectivity index (χ3n) is 4.09. The van der Waals surface area contributed by atoms with Crippen molar-refractivity contribution < 1.29 is 32.2 Å². The number of carbonyl (C=O) groups is 2. The average molecular weight is 436 g/mol. The molecule has 3 rings (SSSR count). The maximum atomic E-state index is 12.6. The number of hydrogen-bond donors (Lipinski definition) is 2. The summed E-state index contributed by atoms with van der Waals surface area (Å²) in [6, 6.07) is 7.17. The van der Waals surface area contributed by atoms with E-state index in [-0.39, 0.29) is 18.3 Å². The number of nitriles is 1. The summed E-state index contributed by atoms with van der Waals surface area (Å²) >= 11 is 0. The summed E-state index contributed by atoms with van der Waals surface area (Å²) in [5, 5.41) is 17.3. The lowest BCUT2D eigenvalue weighted by Gasteiger charge is -2.28. The number of hydrogen-bond acceptors (Lipinski definition) is 8. The highest BCUT2D eigenvalue weighted by Gasteiger charge is 2.40. The van der Waals surface area contributed by atoms with E-state index < -0.39 is 30.2 Å². The number of nitrogens with one attached hydrogen (secondary N) is 2. The number of halogens is 3. The van der Waals surface area contributed by atoms with Gasteiger partial charge in [0, 0.05) is 0 Å². The molecule has 0 radical (unpaired) electrons. The molecule has 2 N–H and O–H groups in total. The number of allylic oxidation sites excluding steroid dienone is 2. The summed E-state index contributed by atoms with van der Waals surface area (Å²) in [4.78, 5) is 27.0. The van der Waals surface area contributed by atoms with Gasteiger partial charge in [0.1, 0.15) is 6.04 Å². The van der Waals surface area contributed by atoms with Crippen molar-refractivity contribution in [1.82, 2.24) is 14.8 Å². The topological polar surface area (TPSA) is 131 Å². The number of carbonyl (C=O) groups excluding carboxylic acids is 2. The maximum Gasteiger partial charge on any atom is 0.513 e. The molecular formula is C18H15F3N6O4. The van der Waals surface area contributed by atoms with E-state index in [4.69, 9.17) is 14.7 Å². The third-order valence-corrected chi connectivity index (χ3v) is 4.09. The lowest BCUT2D eigenvalue weighted by atomic mass is 10.0. The minimum atomic E-state index is -5.13. The van der Waals surface area contributed by atoms with Crippen LogP contribution >= 0.6 is 0 Å². The quantitative estimate of drug-likeness (QED) is 0.699. The van der Waals surface area contributed by atoms with Crippen LogP contribution in [0.4, 0.5) is 29.9 Å². The van der Waals surface area contributed by atoms with E-state index >= 15 is 0 Å². The number of nitrogens with zero attached hydrogens (tertiary/aromatic N) is 4. The molecule has 162 valence electrons. The first-order valence-corrected chi connectivity index (χ1v) is 8.81. The molecule has 2 aromatic rings. The van der Waals surface area contributed by atoms with E-state index in [1.807, 2.05) is 6.07 Å². The van der Waals surface area contributed by atoms with E-state index in [0.29, 0.717) is 16.8 Å². The molecule has 1 atom stereocenters. The lowest BCUT2D eigenvalue weighted by Crippen LogP contribution is -2.30. The highest BCUT2D eigenvalue weighted by Crippen LogP contribution is 2.36. The molecule has 1 aliphatic heterocycles. The predicted octanol–water partition coefficient (Wildman–Crippen LogP) is 3.07. The molecule has 0 aliphatic carbocycles. The second-order valence-corrected chi connectivity index (χ2v) is 6.19. The maximum absolute atomic E-state index is 12.6. The number of rotatable bonds is 4. The molecule has 0 spiro atoms. The number of fused-ring (bicyclic) bond motifs is 1. The molecule has 1 aromatic carbocycles. The number of ether oxygens (including phenoxy) is 2. The largest absolute Gasteiger partial charge is 0.513 e. The van der Waals surface area contributed by atoms with Gasteiger partial charge in [0.25, 0.3) is 5.95 Å². The highest BCUT2D eigenvalue weighted by atomic mass is 19.4. The Labute approximate surface area is 173 Å². The van der Waals surface area contributed by atoms with E-state index in [1.54, 1.807) is 31.3 Å². The fourth-order valence-electron chi connectivity index (χ4n) is 2.76. The number of aromatic nitrogens is 3. The van der Waals surface area contributed by atoms with Crippen LogP contribution in [0.3, 0.4) is 0 Å². The number of amides is 1. The summed E-state index contributed by atoms with van der Waals surface area (Å²) in [5.41, 5.74) is 1.16. The van der Waals surface area contributed by atoms with E-state index in [2.05, 4.69) is 15.4 Å². The second-order valence-electron chi connectivity index (χ2n) is 6.19. The first-order chi connectivity index (χ1) is 14.6. The smallest absolute Gasteiger partial charge is 0.434 e. The molecule has 0 fully saturated rings. The van der Waals surface area contributed by atoms with Gasteiger partial charge in [0.05, 0.1) is 23.9 Å². The van der Waals surface area contributed by atoms with Gasteiger partial charge in [-0.25, -0.2) is 9.48 Å². The molecule has 1 aliphatic rings. The van der Waals surface area contributed by atoms with Crippen LogP contribution in [0.2, 0.25) is 0 Å². The van der Waals surface area contributed by atoms with Gasteiger partial charge in [-0.2, -0.15) is 23.4 Å². The normalized spacial score (nSPS) is 15.4. The van der Waals surface area contributed by atoms with Crippen molar-refractivity contribution in [3.05, 3.63) is 46.8 Å². The molecule has 0 saturated carbocycles. The zero-order valence-electron chi connectivity index (χ0n) is 16.1. The summed E-state index contributed by atoms with van der Waals surface area (Å²) in [5.74, 6) is -2.79. The van der Waals surface area contributed by atoms with Crippen molar-refractivity contribution >= 4 is 24.0 Å². The summed E-state index contributed by atoms with van der Waals surface area (Å²) in [6.45, 7) is 3.20. The molecule has 1 unspecified atom stereocenters. The first-order valence-electron chi connectivity index (χ1n) is 8.81. The minimum absolute atomic E-state index is 0.000503. The van der Waals surface area contributed by atoms with Crippen LogP contribution in [0.15, 0.2) is 35.7 Å². The van der Waals surface area contributed by atoms with Crippen molar-refractivity contribution in [2.24, 2.45) is 0 Å². The van der Waals surface area contributed by atoms with Gasteiger partial charge in [-0.1, -0.05) is 12.1 Å².